The molecule has 2 aliphatic carbocycles. The van der Waals surface area contributed by atoms with Gasteiger partial charge >= 0.3 is 6.18 Å². The first-order valence-electron chi connectivity index (χ1n) is 18.2. The van der Waals surface area contributed by atoms with Gasteiger partial charge in [-0.15, -0.1) is 6.58 Å². The fourth-order valence-electron chi connectivity index (χ4n) is 9.35. The van der Waals surface area contributed by atoms with Gasteiger partial charge < -0.3 is 5.11 Å². The zero-order chi connectivity index (χ0) is 41.4. The SMILES string of the molecule is C=CCc1cccc([C@H]2C3=CC[C@@H]4C(=O)N(N(C)c5nc(C(F)(F)F)ccc5Cl)C(=O)[C@@H]4[C@@H]3C[C@H]3C(=O)N(Nc4ccc(F)cc4)C(=O)[C@@]23c2ccc(Cl)cc2)c1O. The number of benzene rings is 3. The number of fused-ring (bicyclic) bond motifs is 4. The van der Waals surface area contributed by atoms with Gasteiger partial charge in [-0.05, 0) is 84.8 Å². The van der Waals surface area contributed by atoms with E-state index in [0.29, 0.717) is 27.8 Å². The summed E-state index contributed by atoms with van der Waals surface area (Å²) < 4.78 is 55.1. The molecule has 2 saturated heterocycles. The van der Waals surface area contributed by atoms with Gasteiger partial charge in [-0.2, -0.15) is 23.2 Å². The molecule has 1 aromatic heterocycles. The molecule has 16 heteroatoms. The number of phenolic OH excluding ortho intramolecular Hbond substituents is 1. The molecule has 8 rings (SSSR count). The van der Waals surface area contributed by atoms with Crippen LogP contribution in [0.1, 0.15) is 41.1 Å². The molecule has 0 unspecified atom stereocenters. The van der Waals surface area contributed by atoms with Gasteiger partial charge in [0.25, 0.3) is 23.6 Å². The monoisotopic (exact) mass is 833 g/mol. The van der Waals surface area contributed by atoms with Gasteiger partial charge in [-0.3, -0.25) is 29.6 Å². The molecule has 4 amide bonds. The zero-order valence-corrected chi connectivity index (χ0v) is 32.0. The van der Waals surface area contributed by atoms with E-state index in [9.17, 15) is 37.1 Å². The van der Waals surface area contributed by atoms with E-state index < -0.39 is 82.1 Å². The lowest BCUT2D eigenvalue weighted by molar-refractivity contribution is -0.142. The van der Waals surface area contributed by atoms with Crippen molar-refractivity contribution in [2.24, 2.45) is 23.7 Å². The van der Waals surface area contributed by atoms with E-state index in [-0.39, 0.29) is 41.3 Å². The van der Waals surface area contributed by atoms with Crippen LogP contribution in [0, 0.1) is 29.5 Å². The molecule has 6 atom stereocenters. The van der Waals surface area contributed by atoms with Gasteiger partial charge in [-0.25, -0.2) is 9.37 Å². The molecule has 3 fully saturated rings. The fraction of sp³-hybridized carbons (Fsp3) is 0.262. The Morgan fingerprint density at radius 1 is 0.966 bits per heavy atom. The smallest absolute Gasteiger partial charge is 0.433 e. The average Bonchev–Trinajstić information content (AvgIpc) is 3.57. The van der Waals surface area contributed by atoms with Crippen LogP contribution in [0.4, 0.5) is 29.1 Å². The molecule has 0 spiro atoms. The molecule has 2 N–H and O–H groups in total. The molecule has 3 aromatic carbocycles. The minimum Gasteiger partial charge on any atom is -0.507 e. The molecule has 0 bridgehead atoms. The predicted octanol–water partition coefficient (Wildman–Crippen LogP) is 8.02. The lowest BCUT2D eigenvalue weighted by Crippen LogP contribution is -2.53. The van der Waals surface area contributed by atoms with Crippen molar-refractivity contribution in [3.05, 3.63) is 141 Å². The van der Waals surface area contributed by atoms with Crippen molar-refractivity contribution in [3.8, 4) is 5.75 Å². The Kier molecular flexibility index (Phi) is 9.63. The number of aromatic nitrogens is 1. The topological polar surface area (TPSA) is 123 Å². The first-order valence-corrected chi connectivity index (χ1v) is 19.0. The number of carbonyl (C=O) groups excluding carboxylic acids is 4. The van der Waals surface area contributed by atoms with Crippen molar-refractivity contribution in [1.82, 2.24) is 15.0 Å². The third-order valence-corrected chi connectivity index (χ3v) is 12.3. The van der Waals surface area contributed by atoms with E-state index in [1.807, 2.05) is 0 Å². The van der Waals surface area contributed by atoms with E-state index in [1.165, 1.54) is 19.2 Å². The number of phenols is 1. The van der Waals surface area contributed by atoms with Crippen molar-refractivity contribution >= 4 is 58.3 Å². The second-order valence-corrected chi connectivity index (χ2v) is 15.6. The van der Waals surface area contributed by atoms with Crippen LogP contribution in [-0.4, -0.2) is 50.8 Å². The van der Waals surface area contributed by atoms with E-state index in [4.69, 9.17) is 23.2 Å². The highest BCUT2D eigenvalue weighted by Crippen LogP contribution is 2.65. The number of aromatic hydroxyl groups is 1. The van der Waals surface area contributed by atoms with Crippen molar-refractivity contribution < 1.29 is 41.8 Å². The summed E-state index contributed by atoms with van der Waals surface area (Å²) in [6.45, 7) is 3.80. The number of anilines is 2. The second kappa shape index (κ2) is 14.3. The van der Waals surface area contributed by atoms with E-state index in [2.05, 4.69) is 17.0 Å². The van der Waals surface area contributed by atoms with Crippen molar-refractivity contribution in [2.45, 2.75) is 36.8 Å². The van der Waals surface area contributed by atoms with Gasteiger partial charge in [0.2, 0.25) is 0 Å². The minimum absolute atomic E-state index is 0.0141. The molecule has 0 radical (unpaired) electrons. The molecule has 10 nitrogen and oxygen atoms in total. The number of hydrogen-bond acceptors (Lipinski definition) is 8. The number of para-hydroxylation sites is 1. The number of nitrogens with zero attached hydrogens (tertiary/aromatic N) is 4. The first kappa shape index (κ1) is 39.1. The number of hydrogen-bond donors (Lipinski definition) is 2. The number of amides is 4. The standard InChI is InChI=1S/C42H33Cl2F4N5O5/c1-3-5-21-6-4-7-28(35(21)54)34-26-16-17-27-33(39(57)53(37(27)55)51(2)36-31(44)18-19-32(49-36)42(46,47)48)29(26)20-30-38(56)52(50-25-14-12-24(45)13-15-25)40(58)41(30,34)22-8-10-23(43)11-9-22/h3-4,6-16,18-19,27,29-30,33-34,50,54H,1,5,17,20H2,2H3/t27-,29+,30-,33-,34+,41+/m0/s1. The van der Waals surface area contributed by atoms with Crippen molar-refractivity contribution in [1.29, 1.82) is 0 Å². The first-order chi connectivity index (χ1) is 27.6. The Labute approximate surface area is 339 Å². The van der Waals surface area contributed by atoms with Crippen LogP contribution in [0.25, 0.3) is 0 Å². The van der Waals surface area contributed by atoms with Crippen LogP contribution in [0.3, 0.4) is 0 Å². The lowest BCUT2D eigenvalue weighted by Gasteiger charge is -2.50. The molecule has 58 heavy (non-hydrogen) atoms. The molecule has 4 aromatic rings. The highest BCUT2D eigenvalue weighted by molar-refractivity contribution is 6.33. The van der Waals surface area contributed by atoms with E-state index >= 15 is 4.79 Å². The Morgan fingerprint density at radius 3 is 2.34 bits per heavy atom. The Hall–Kier alpha value is -5.73. The maximum absolute atomic E-state index is 15.4. The summed E-state index contributed by atoms with van der Waals surface area (Å²) in [5, 5.41) is 14.6. The summed E-state index contributed by atoms with van der Waals surface area (Å²) in [7, 11) is 1.21. The van der Waals surface area contributed by atoms with Crippen LogP contribution in [0.2, 0.25) is 10.0 Å². The Balaban J connectivity index is 1.30. The van der Waals surface area contributed by atoms with Gasteiger partial charge in [0.05, 0.1) is 33.9 Å². The highest BCUT2D eigenvalue weighted by Gasteiger charge is 2.71. The number of allylic oxidation sites excluding steroid dienone is 3. The van der Waals surface area contributed by atoms with Crippen LogP contribution >= 0.6 is 23.2 Å². The third-order valence-electron chi connectivity index (χ3n) is 11.8. The maximum atomic E-state index is 15.4. The zero-order valence-electron chi connectivity index (χ0n) is 30.5. The second-order valence-electron chi connectivity index (χ2n) is 14.7. The van der Waals surface area contributed by atoms with Crippen molar-refractivity contribution in [3.63, 3.8) is 0 Å². The molecular formula is C42H33Cl2F4N5O5. The summed E-state index contributed by atoms with van der Waals surface area (Å²) in [5.41, 5.74) is 1.73. The number of halogens is 6. The highest BCUT2D eigenvalue weighted by atomic mass is 35.5. The molecular weight excluding hydrogens is 801 g/mol. The Bertz CT molecular complexity index is 2430. The molecule has 4 aliphatic rings. The minimum atomic E-state index is -4.85. The van der Waals surface area contributed by atoms with Crippen LogP contribution in [-0.2, 0) is 37.2 Å². The predicted molar refractivity (Wildman–Crippen MR) is 206 cm³/mol. The molecule has 1 saturated carbocycles. The fourth-order valence-corrected chi connectivity index (χ4v) is 9.71. The number of alkyl halides is 3. The normalized spacial score (nSPS) is 25.3. The number of imide groups is 2. The van der Waals surface area contributed by atoms with Gasteiger partial charge in [-0.1, -0.05) is 71.3 Å². The quantitative estimate of drug-likeness (QED) is 0.104. The number of pyridine rings is 1. The van der Waals surface area contributed by atoms with Crippen LogP contribution in [0.5, 0.6) is 5.75 Å². The molecule has 3 heterocycles. The van der Waals surface area contributed by atoms with E-state index in [1.54, 1.807) is 54.6 Å². The van der Waals surface area contributed by atoms with Gasteiger partial charge in [0.15, 0.2) is 5.82 Å². The van der Waals surface area contributed by atoms with Crippen LogP contribution in [0.15, 0.2) is 103 Å². The summed E-state index contributed by atoms with van der Waals surface area (Å²) >= 11 is 12.7. The number of nitrogens with one attached hydrogen (secondary N) is 1. The maximum Gasteiger partial charge on any atom is 0.433 e. The third kappa shape index (κ3) is 5.95. The van der Waals surface area contributed by atoms with Crippen molar-refractivity contribution in [2.75, 3.05) is 17.5 Å². The van der Waals surface area contributed by atoms with Gasteiger partial charge in [0.1, 0.15) is 17.3 Å². The molecule has 2 aliphatic heterocycles. The largest absolute Gasteiger partial charge is 0.507 e. The van der Waals surface area contributed by atoms with E-state index in [0.717, 1.165) is 33.2 Å². The Morgan fingerprint density at radius 2 is 1.67 bits per heavy atom. The van der Waals surface area contributed by atoms with Crippen LogP contribution < -0.4 is 10.4 Å². The molecule has 298 valence electrons. The summed E-state index contributed by atoms with van der Waals surface area (Å²) in [5.74, 6) is -9.34. The number of carbonyl (C=O) groups is 4. The average molecular weight is 835 g/mol. The number of hydrazine groups is 2. The summed E-state index contributed by atoms with van der Waals surface area (Å²) in [6.07, 6.45) is -1.36. The van der Waals surface area contributed by atoms with Gasteiger partial charge in [0, 0.05) is 23.6 Å². The summed E-state index contributed by atoms with van der Waals surface area (Å²) in [6, 6.07) is 18.2. The summed E-state index contributed by atoms with van der Waals surface area (Å²) in [4.78, 5) is 62.8. The lowest BCUT2D eigenvalue weighted by atomic mass is 9.49. The number of rotatable bonds is 8.